The number of hydrogen-bond acceptors (Lipinski definition) is 9. The van der Waals surface area contributed by atoms with Crippen molar-refractivity contribution in [1.29, 1.82) is 0 Å². The molecular weight excluding hydrogens is 705 g/mol. The van der Waals surface area contributed by atoms with E-state index in [0.29, 0.717) is 12.8 Å². The minimum absolute atomic E-state index is 0.0957. The van der Waals surface area contributed by atoms with Gasteiger partial charge in [-0.15, -0.1) is 0 Å². The standard InChI is InChI=1S/C45H62N6O5/c1-11-51-39-20-19-33(32-16-12-15-31(23-32)24-34(27-52)47-43(53)41(29(2)3)49(7)8)25-36(39)37(42(51)35-17-13-21-46-40(35)30(4)55-10)26-45(5,6)28-56-44(54)38-18-14-22-50(9)48-38/h12-13,15-17,19-21,23,25,27,29-30,34,38,41,48H,11,14,18,22,24,26,28H2,1-10H3,(H,47,53)/t30?,34?,38-,41?/m0/s1. The Morgan fingerprint density at radius 2 is 1.84 bits per heavy atom. The molecule has 2 aromatic heterocycles. The van der Waals surface area contributed by atoms with E-state index in [-0.39, 0.29) is 42.6 Å². The molecular formula is C45H62N6O5. The minimum atomic E-state index is -0.650. The zero-order valence-corrected chi connectivity index (χ0v) is 35.0. The number of ether oxygens (including phenoxy) is 2. The fraction of sp³-hybridized carbons (Fsp3) is 0.511. The molecule has 0 bridgehead atoms. The summed E-state index contributed by atoms with van der Waals surface area (Å²) in [5.74, 6) is -0.279. The van der Waals surface area contributed by atoms with Crippen LogP contribution in [0.4, 0.5) is 0 Å². The molecule has 1 saturated heterocycles. The number of methoxy groups -OCH3 is 1. The number of esters is 1. The molecule has 1 aliphatic rings. The average Bonchev–Trinajstić information content (AvgIpc) is 3.47. The summed E-state index contributed by atoms with van der Waals surface area (Å²) in [6, 6.07) is 17.5. The van der Waals surface area contributed by atoms with Crippen LogP contribution in [-0.2, 0) is 43.2 Å². The fourth-order valence-corrected chi connectivity index (χ4v) is 8.13. The van der Waals surface area contributed by atoms with Crippen LogP contribution in [0.2, 0.25) is 0 Å². The molecule has 0 aliphatic carbocycles. The van der Waals surface area contributed by atoms with Crippen molar-refractivity contribution in [3.05, 3.63) is 77.6 Å². The predicted molar refractivity (Wildman–Crippen MR) is 223 cm³/mol. The second kappa shape index (κ2) is 18.7. The molecule has 2 aromatic carbocycles. The van der Waals surface area contributed by atoms with Gasteiger partial charge in [-0.25, -0.2) is 10.4 Å². The third-order valence-corrected chi connectivity index (χ3v) is 10.9. The Morgan fingerprint density at radius 1 is 1.09 bits per heavy atom. The topological polar surface area (TPSA) is 118 Å². The smallest absolute Gasteiger partial charge is 0.324 e. The summed E-state index contributed by atoms with van der Waals surface area (Å²) in [5, 5.41) is 6.04. The highest BCUT2D eigenvalue weighted by Gasteiger charge is 2.31. The number of nitrogens with zero attached hydrogens (tertiary/aromatic N) is 4. The summed E-state index contributed by atoms with van der Waals surface area (Å²) < 4.78 is 14.2. The highest BCUT2D eigenvalue weighted by molar-refractivity contribution is 5.95. The lowest BCUT2D eigenvalue weighted by Crippen LogP contribution is -2.51. The second-order valence-corrected chi connectivity index (χ2v) is 16.6. The number of nitrogens with one attached hydrogen (secondary N) is 2. The number of benzene rings is 2. The lowest BCUT2D eigenvalue weighted by Gasteiger charge is -2.31. The molecule has 0 spiro atoms. The molecule has 1 fully saturated rings. The number of pyridine rings is 1. The van der Waals surface area contributed by atoms with Gasteiger partial charge in [-0.05, 0) is 106 Å². The molecule has 3 unspecified atom stereocenters. The van der Waals surface area contributed by atoms with Crippen molar-refractivity contribution >= 4 is 29.1 Å². The molecule has 1 aliphatic heterocycles. The van der Waals surface area contributed by atoms with Crippen LogP contribution in [0.15, 0.2) is 60.8 Å². The number of fused-ring (bicyclic) bond motifs is 1. The normalized spacial score (nSPS) is 16.9. The Labute approximate surface area is 333 Å². The van der Waals surface area contributed by atoms with Crippen molar-refractivity contribution in [1.82, 2.24) is 30.2 Å². The molecule has 11 heteroatoms. The lowest BCUT2D eigenvalue weighted by molar-refractivity contribution is -0.152. The van der Waals surface area contributed by atoms with Gasteiger partial charge in [-0.3, -0.25) is 19.5 Å². The van der Waals surface area contributed by atoms with Gasteiger partial charge >= 0.3 is 5.97 Å². The summed E-state index contributed by atoms with van der Waals surface area (Å²) in [5.41, 5.74) is 11.0. The van der Waals surface area contributed by atoms with E-state index in [2.05, 4.69) is 72.5 Å². The average molecular weight is 767 g/mol. The number of hydrazine groups is 1. The quantitative estimate of drug-likeness (QED) is 0.0904. The Bertz CT molecular complexity index is 1980. The number of hydrogen-bond donors (Lipinski definition) is 2. The molecule has 302 valence electrons. The molecule has 4 atom stereocenters. The van der Waals surface area contributed by atoms with E-state index in [1.807, 2.05) is 76.2 Å². The SMILES string of the molecule is CCn1c(-c2cccnc2C(C)OC)c(CC(C)(C)COC(=O)[C@@H]2CCCN(C)N2)c2cc(-c3cccc(CC(C=O)NC(=O)C(C(C)C)N(C)C)c3)ccc21. The largest absolute Gasteiger partial charge is 0.464 e. The van der Waals surface area contributed by atoms with Gasteiger partial charge in [0, 0.05) is 55.3 Å². The predicted octanol–water partition coefficient (Wildman–Crippen LogP) is 6.62. The van der Waals surface area contributed by atoms with Crippen LogP contribution in [0.25, 0.3) is 33.3 Å². The molecule has 2 N–H and O–H groups in total. The van der Waals surface area contributed by atoms with E-state index in [1.165, 1.54) is 0 Å². The summed E-state index contributed by atoms with van der Waals surface area (Å²) in [6.45, 7) is 14.4. The summed E-state index contributed by atoms with van der Waals surface area (Å²) in [6.07, 6.45) is 5.12. The van der Waals surface area contributed by atoms with Crippen molar-refractivity contribution in [2.75, 3.05) is 41.4 Å². The minimum Gasteiger partial charge on any atom is -0.464 e. The number of amides is 1. The molecule has 0 radical (unpaired) electrons. The van der Waals surface area contributed by atoms with Crippen molar-refractivity contribution in [3.63, 3.8) is 0 Å². The molecule has 0 saturated carbocycles. The summed E-state index contributed by atoms with van der Waals surface area (Å²) >= 11 is 0. The van der Waals surface area contributed by atoms with Crippen molar-refractivity contribution in [3.8, 4) is 22.4 Å². The Kier molecular flexibility index (Phi) is 14.3. The molecule has 1 amide bonds. The maximum Gasteiger partial charge on any atom is 0.324 e. The van der Waals surface area contributed by atoms with E-state index < -0.39 is 11.5 Å². The maximum absolute atomic E-state index is 13.2. The Balaban J connectivity index is 1.54. The monoisotopic (exact) mass is 766 g/mol. The van der Waals surface area contributed by atoms with Crippen LogP contribution in [0, 0.1) is 11.3 Å². The van der Waals surface area contributed by atoms with Crippen LogP contribution in [-0.4, -0.2) is 97.2 Å². The Morgan fingerprint density at radius 3 is 2.50 bits per heavy atom. The first-order chi connectivity index (χ1) is 26.7. The van der Waals surface area contributed by atoms with Gasteiger partial charge in [0.2, 0.25) is 5.91 Å². The van der Waals surface area contributed by atoms with E-state index in [0.717, 1.165) is 82.3 Å². The van der Waals surface area contributed by atoms with E-state index in [4.69, 9.17) is 14.5 Å². The van der Waals surface area contributed by atoms with Gasteiger partial charge in [0.05, 0.1) is 36.2 Å². The van der Waals surface area contributed by atoms with Gasteiger partial charge in [0.1, 0.15) is 12.3 Å². The number of aryl methyl sites for hydroxylation is 1. The second-order valence-electron chi connectivity index (χ2n) is 16.6. The number of likely N-dealkylation sites (N-methyl/N-ethyl adjacent to an activating group) is 1. The van der Waals surface area contributed by atoms with Crippen LogP contribution in [0.5, 0.6) is 0 Å². The van der Waals surface area contributed by atoms with E-state index >= 15 is 0 Å². The van der Waals surface area contributed by atoms with Gasteiger partial charge < -0.3 is 24.2 Å². The van der Waals surface area contributed by atoms with E-state index in [9.17, 15) is 14.4 Å². The van der Waals surface area contributed by atoms with Gasteiger partial charge in [-0.2, -0.15) is 0 Å². The number of aromatic nitrogens is 2. The highest BCUT2D eigenvalue weighted by atomic mass is 16.5. The zero-order chi connectivity index (χ0) is 40.7. The van der Waals surface area contributed by atoms with Gasteiger partial charge in [-0.1, -0.05) is 58.0 Å². The fourth-order valence-electron chi connectivity index (χ4n) is 8.13. The van der Waals surface area contributed by atoms with Crippen LogP contribution < -0.4 is 10.7 Å². The number of aldehydes is 1. The lowest BCUT2D eigenvalue weighted by atomic mass is 9.84. The summed E-state index contributed by atoms with van der Waals surface area (Å²) in [4.78, 5) is 45.3. The van der Waals surface area contributed by atoms with Gasteiger partial charge in [0.15, 0.2) is 0 Å². The first-order valence-corrected chi connectivity index (χ1v) is 20.0. The maximum atomic E-state index is 13.2. The van der Waals surface area contributed by atoms with Crippen molar-refractivity contribution in [2.24, 2.45) is 11.3 Å². The van der Waals surface area contributed by atoms with Crippen molar-refractivity contribution < 1.29 is 23.9 Å². The van der Waals surface area contributed by atoms with Crippen molar-refractivity contribution in [2.45, 2.75) is 98.0 Å². The first kappa shape index (κ1) is 42.7. The number of rotatable bonds is 17. The molecule has 3 heterocycles. The molecule has 56 heavy (non-hydrogen) atoms. The molecule has 4 aromatic rings. The van der Waals surface area contributed by atoms with Crippen LogP contribution in [0.1, 0.15) is 77.3 Å². The molecule has 11 nitrogen and oxygen atoms in total. The zero-order valence-electron chi connectivity index (χ0n) is 35.0. The Hall–Kier alpha value is -4.42. The third-order valence-electron chi connectivity index (χ3n) is 10.9. The van der Waals surface area contributed by atoms with Gasteiger partial charge in [0.25, 0.3) is 0 Å². The molecule has 5 rings (SSSR count). The van der Waals surface area contributed by atoms with E-state index in [1.54, 1.807) is 7.11 Å². The van der Waals surface area contributed by atoms with Crippen LogP contribution in [0.3, 0.4) is 0 Å². The van der Waals surface area contributed by atoms with Crippen LogP contribution >= 0.6 is 0 Å². The third kappa shape index (κ3) is 9.92. The number of carbonyl (C=O) groups excluding carboxylic acids is 3. The highest BCUT2D eigenvalue weighted by Crippen LogP contribution is 2.42. The number of carbonyl (C=O) groups is 3. The summed E-state index contributed by atoms with van der Waals surface area (Å²) in [7, 11) is 7.41. The first-order valence-electron chi connectivity index (χ1n) is 20.0.